The van der Waals surface area contributed by atoms with Gasteiger partial charge < -0.3 is 31.5 Å². The lowest BCUT2D eigenvalue weighted by atomic mass is 10.0. The van der Waals surface area contributed by atoms with Crippen LogP contribution in [0.2, 0.25) is 0 Å². The van der Waals surface area contributed by atoms with Gasteiger partial charge in [0.2, 0.25) is 0 Å². The highest BCUT2D eigenvalue weighted by Gasteiger charge is 2.30. The third-order valence-corrected chi connectivity index (χ3v) is 6.25. The summed E-state index contributed by atoms with van der Waals surface area (Å²) < 4.78 is 1.79. The van der Waals surface area contributed by atoms with Crippen LogP contribution in [0.3, 0.4) is 0 Å². The van der Waals surface area contributed by atoms with Gasteiger partial charge in [0.25, 0.3) is 0 Å². The molecule has 2 unspecified atom stereocenters. The number of carbonyl (C=O) groups is 1. The third kappa shape index (κ3) is 4.32. The molecule has 0 aliphatic carbocycles. The zero-order valence-corrected chi connectivity index (χ0v) is 17.7. The van der Waals surface area contributed by atoms with Crippen LogP contribution in [-0.2, 0) is 4.79 Å². The first-order valence-corrected chi connectivity index (χ1v) is 9.32. The number of nitrogens with one attached hydrogen (secondary N) is 1. The van der Waals surface area contributed by atoms with E-state index in [1.54, 1.807) is 0 Å². The molecule has 7 N–H and O–H groups in total. The van der Waals surface area contributed by atoms with Gasteiger partial charge in [-0.15, -0.1) is 0 Å². The minimum absolute atomic E-state index is 0.0852. The Kier molecular flexibility index (Phi) is 8.53. The van der Waals surface area contributed by atoms with Crippen LogP contribution < -0.4 is 11.1 Å². The van der Waals surface area contributed by atoms with Crippen molar-refractivity contribution in [1.82, 2.24) is 0 Å². The van der Waals surface area contributed by atoms with Gasteiger partial charge in [-0.1, -0.05) is 0 Å². The summed E-state index contributed by atoms with van der Waals surface area (Å²) in [5, 5.41) is 40.5. The topological polar surface area (TPSA) is 136 Å². The quantitative estimate of drug-likeness (QED) is 0.187. The van der Waals surface area contributed by atoms with Crippen LogP contribution in [0.25, 0.3) is 0 Å². The van der Waals surface area contributed by atoms with Gasteiger partial charge in [0.15, 0.2) is 5.78 Å². The maximum absolute atomic E-state index is 11.9. The number of aliphatic hydroxyl groups is 4. The van der Waals surface area contributed by atoms with Gasteiger partial charge in [0, 0.05) is 19.2 Å². The number of nitrogen functional groups attached to an aromatic ring is 1. The van der Waals surface area contributed by atoms with E-state index in [0.717, 1.165) is 0 Å². The van der Waals surface area contributed by atoms with Crippen molar-refractivity contribution in [1.29, 1.82) is 0 Å². The molecule has 0 bridgehead atoms. The van der Waals surface area contributed by atoms with Crippen LogP contribution in [0.1, 0.15) is 11.7 Å². The molecule has 0 saturated carbocycles. The highest BCUT2D eigenvalue weighted by Crippen LogP contribution is 2.40. The molecule has 0 aromatic heterocycles. The summed E-state index contributed by atoms with van der Waals surface area (Å²) in [4.78, 5) is 11.9. The summed E-state index contributed by atoms with van der Waals surface area (Å²) in [7, 11) is 0. The molecule has 10 heteroatoms. The van der Waals surface area contributed by atoms with E-state index in [4.69, 9.17) is 15.9 Å². The number of nitrogens with two attached hydrogens (primary N) is 1. The van der Waals surface area contributed by atoms with Gasteiger partial charge in [-0.3, -0.25) is 4.79 Å². The van der Waals surface area contributed by atoms with Crippen LogP contribution in [-0.4, -0.2) is 52.1 Å². The Morgan fingerprint density at radius 3 is 2.23 bits per heavy atom. The van der Waals surface area contributed by atoms with Crippen LogP contribution in [0.4, 0.5) is 11.4 Å². The van der Waals surface area contributed by atoms with Gasteiger partial charge >= 0.3 is 0 Å². The molecular weight excluding hydrogens is 633 g/mol. The maximum Gasteiger partial charge on any atom is 0.196 e. The molecule has 0 fully saturated rings. The zero-order valence-electron chi connectivity index (χ0n) is 11.2. The van der Waals surface area contributed by atoms with Gasteiger partial charge in [-0.05, 0) is 67.8 Å². The largest absolute Gasteiger partial charge is 0.397 e. The fourth-order valence-corrected chi connectivity index (χ4v) is 5.83. The minimum Gasteiger partial charge on any atom is -0.397 e. The fraction of sp³-hybridized carbons (Fsp3) is 0.417. The Bertz CT molecular complexity index is 570. The second-order valence-electron chi connectivity index (χ2n) is 4.30. The van der Waals surface area contributed by atoms with Crippen molar-refractivity contribution in [2.75, 3.05) is 30.8 Å². The molecule has 0 spiro atoms. The average molecular weight is 648 g/mol. The second kappa shape index (κ2) is 9.12. The number of carbonyl (C=O) groups excluding carboxylic acids is 1. The Morgan fingerprint density at radius 1 is 1.14 bits per heavy atom. The number of aliphatic hydroxyl groups excluding tert-OH is 4. The van der Waals surface area contributed by atoms with Crippen molar-refractivity contribution in [3.63, 3.8) is 0 Å². The summed E-state index contributed by atoms with van der Waals surface area (Å²) in [5.41, 5.74) is 7.29. The molecule has 0 aliphatic rings. The van der Waals surface area contributed by atoms with E-state index in [1.807, 2.05) is 67.8 Å². The fourth-order valence-electron chi connectivity index (χ4n) is 1.69. The molecule has 1 aromatic rings. The molecule has 1 aromatic carbocycles. The lowest BCUT2D eigenvalue weighted by molar-refractivity contribution is -0.137. The SMILES string of the molecule is Nc1c(I)c(NCCO)c(I)c(C(O)C(=O)C(O)CO)c1I. The Labute approximate surface area is 168 Å². The standard InChI is InChI=1S/C12H15I3N2O5/c13-6-5(12(22)11(21)4(20)3-19)7(14)10(17-1-2-18)8(15)9(6)16/h4,12,17-20,22H,1-3,16H2. The predicted molar refractivity (Wildman–Crippen MR) is 108 cm³/mol. The molecule has 124 valence electrons. The Balaban J connectivity index is 3.41. The summed E-state index contributed by atoms with van der Waals surface area (Å²) in [6, 6.07) is 0. The van der Waals surface area contributed by atoms with Crippen molar-refractivity contribution < 1.29 is 25.2 Å². The molecule has 2 atom stereocenters. The third-order valence-electron chi connectivity index (χ3n) is 2.84. The average Bonchev–Trinajstić information content (AvgIpc) is 2.51. The maximum atomic E-state index is 11.9. The van der Waals surface area contributed by atoms with E-state index in [2.05, 4.69) is 5.32 Å². The summed E-state index contributed by atoms with van der Waals surface area (Å²) in [5.74, 6) is -0.896. The van der Waals surface area contributed by atoms with E-state index in [0.29, 0.717) is 22.1 Å². The number of hydrogen-bond acceptors (Lipinski definition) is 7. The Hall–Kier alpha value is 0.520. The van der Waals surface area contributed by atoms with E-state index in [9.17, 15) is 15.0 Å². The highest BCUT2D eigenvalue weighted by molar-refractivity contribution is 14.1. The molecule has 7 nitrogen and oxygen atoms in total. The number of anilines is 2. The first-order valence-electron chi connectivity index (χ1n) is 6.09. The van der Waals surface area contributed by atoms with Crippen molar-refractivity contribution in [2.24, 2.45) is 0 Å². The molecule has 1 rings (SSSR count). The van der Waals surface area contributed by atoms with Crippen molar-refractivity contribution in [2.45, 2.75) is 12.2 Å². The summed E-state index contributed by atoms with van der Waals surface area (Å²) in [6.45, 7) is -0.564. The molecule has 22 heavy (non-hydrogen) atoms. The number of Topliss-reactive ketones (excluding diaryl/α,β-unsaturated/α-hetero) is 1. The predicted octanol–water partition coefficient (Wildman–Crippen LogP) is 0.442. The van der Waals surface area contributed by atoms with Crippen LogP contribution in [0.15, 0.2) is 0 Å². The normalized spacial score (nSPS) is 13.8. The van der Waals surface area contributed by atoms with Gasteiger partial charge in [0.1, 0.15) is 12.2 Å². The second-order valence-corrected chi connectivity index (χ2v) is 7.53. The highest BCUT2D eigenvalue weighted by atomic mass is 127. The van der Waals surface area contributed by atoms with Gasteiger partial charge in [0.05, 0.1) is 28.2 Å². The Morgan fingerprint density at radius 2 is 1.73 bits per heavy atom. The van der Waals surface area contributed by atoms with E-state index in [1.165, 1.54) is 0 Å². The molecule has 0 heterocycles. The number of benzene rings is 1. The number of halogens is 3. The van der Waals surface area contributed by atoms with Crippen LogP contribution >= 0.6 is 67.8 Å². The lowest BCUT2D eigenvalue weighted by Crippen LogP contribution is -2.31. The summed E-state index contributed by atoms with van der Waals surface area (Å²) in [6.07, 6.45) is -3.26. The monoisotopic (exact) mass is 648 g/mol. The first-order chi connectivity index (χ1) is 10.3. The van der Waals surface area contributed by atoms with Gasteiger partial charge in [-0.2, -0.15) is 0 Å². The van der Waals surface area contributed by atoms with E-state index < -0.39 is 24.6 Å². The van der Waals surface area contributed by atoms with Crippen LogP contribution in [0, 0.1) is 10.7 Å². The van der Waals surface area contributed by atoms with Crippen molar-refractivity contribution in [3.8, 4) is 0 Å². The van der Waals surface area contributed by atoms with E-state index >= 15 is 0 Å². The molecule has 0 radical (unpaired) electrons. The molecule has 0 saturated heterocycles. The number of ketones is 1. The van der Waals surface area contributed by atoms with Crippen LogP contribution in [0.5, 0.6) is 0 Å². The molecular formula is C12H15I3N2O5. The van der Waals surface area contributed by atoms with E-state index in [-0.39, 0.29) is 18.7 Å². The molecule has 0 aliphatic heterocycles. The summed E-state index contributed by atoms with van der Waals surface area (Å²) >= 11 is 5.93. The number of rotatable bonds is 7. The lowest BCUT2D eigenvalue weighted by Gasteiger charge is -2.22. The van der Waals surface area contributed by atoms with Crippen molar-refractivity contribution >= 4 is 84.9 Å². The molecule has 0 amide bonds. The zero-order chi connectivity index (χ0) is 17.0. The van der Waals surface area contributed by atoms with Crippen molar-refractivity contribution in [3.05, 3.63) is 16.3 Å². The smallest absolute Gasteiger partial charge is 0.196 e. The minimum atomic E-state index is -1.66. The first kappa shape index (κ1) is 20.6. The number of hydrogen-bond donors (Lipinski definition) is 6. The van der Waals surface area contributed by atoms with Gasteiger partial charge in [-0.25, -0.2) is 0 Å².